The standard InChI is InChI=1S/C15H14Cl2N2O2S/c16-12-5-6-15(13(17)9-12)22(20,21)19-8-2-4-14(19)11-3-1-7-18-10-11/h1,3,5-7,9-10,14H,2,4,8H2/t14-/m0/s1. The number of benzene rings is 1. The van der Waals surface area contributed by atoms with Crippen LogP contribution in [0.4, 0.5) is 0 Å². The van der Waals surface area contributed by atoms with Crippen molar-refractivity contribution in [3.05, 3.63) is 58.3 Å². The summed E-state index contributed by atoms with van der Waals surface area (Å²) in [4.78, 5) is 4.17. The fourth-order valence-corrected chi connectivity index (χ4v) is 5.18. The Kier molecular flexibility index (Phi) is 4.41. The number of hydrogen-bond donors (Lipinski definition) is 0. The van der Waals surface area contributed by atoms with E-state index in [0.29, 0.717) is 11.6 Å². The Balaban J connectivity index is 2.01. The van der Waals surface area contributed by atoms with Crippen LogP contribution in [0.1, 0.15) is 24.4 Å². The highest BCUT2D eigenvalue weighted by atomic mass is 35.5. The summed E-state index contributed by atoms with van der Waals surface area (Å²) in [6, 6.07) is 7.95. The van der Waals surface area contributed by atoms with Crippen LogP contribution >= 0.6 is 23.2 Å². The molecule has 0 spiro atoms. The van der Waals surface area contributed by atoms with E-state index in [1.165, 1.54) is 22.5 Å². The topological polar surface area (TPSA) is 50.3 Å². The number of rotatable bonds is 3. The van der Waals surface area contributed by atoms with E-state index in [2.05, 4.69) is 4.98 Å². The van der Waals surface area contributed by atoms with Gasteiger partial charge in [0, 0.05) is 24.0 Å². The van der Waals surface area contributed by atoms with Crippen molar-refractivity contribution in [1.82, 2.24) is 9.29 Å². The van der Waals surface area contributed by atoms with Crippen LogP contribution in [0.3, 0.4) is 0 Å². The molecule has 1 atom stereocenters. The summed E-state index contributed by atoms with van der Waals surface area (Å²) in [5, 5.41) is 0.554. The van der Waals surface area contributed by atoms with Crippen LogP contribution in [0, 0.1) is 0 Å². The average Bonchev–Trinajstić information content (AvgIpc) is 2.98. The highest BCUT2D eigenvalue weighted by molar-refractivity contribution is 7.89. The summed E-state index contributed by atoms with van der Waals surface area (Å²) in [5.74, 6) is 0. The Bertz CT molecular complexity index is 781. The molecule has 0 radical (unpaired) electrons. The first kappa shape index (κ1) is 15.7. The zero-order valence-electron chi connectivity index (χ0n) is 11.6. The van der Waals surface area contributed by atoms with Crippen LogP contribution in [0.25, 0.3) is 0 Å². The molecule has 0 N–H and O–H groups in total. The highest BCUT2D eigenvalue weighted by Crippen LogP contribution is 2.38. The maximum absolute atomic E-state index is 12.9. The van der Waals surface area contributed by atoms with Crippen molar-refractivity contribution in [2.75, 3.05) is 6.54 Å². The fraction of sp³-hybridized carbons (Fsp3) is 0.267. The van der Waals surface area contributed by atoms with Gasteiger partial charge in [0.15, 0.2) is 0 Å². The van der Waals surface area contributed by atoms with Gasteiger partial charge in [0.2, 0.25) is 10.0 Å². The average molecular weight is 357 g/mol. The Morgan fingerprint density at radius 1 is 1.23 bits per heavy atom. The second-order valence-electron chi connectivity index (χ2n) is 5.13. The van der Waals surface area contributed by atoms with Gasteiger partial charge in [-0.1, -0.05) is 29.3 Å². The molecule has 1 aliphatic rings. The molecule has 1 saturated heterocycles. The third-order valence-electron chi connectivity index (χ3n) is 3.75. The molecule has 0 amide bonds. The molecule has 0 unspecified atom stereocenters. The third kappa shape index (κ3) is 2.86. The van der Waals surface area contributed by atoms with Crippen molar-refractivity contribution >= 4 is 33.2 Å². The van der Waals surface area contributed by atoms with Gasteiger partial charge in [-0.3, -0.25) is 4.98 Å². The summed E-state index contributed by atoms with van der Waals surface area (Å²) in [6.45, 7) is 0.473. The van der Waals surface area contributed by atoms with Crippen LogP contribution in [0.15, 0.2) is 47.6 Å². The molecular weight excluding hydrogens is 343 g/mol. The zero-order valence-corrected chi connectivity index (χ0v) is 13.9. The normalized spacial score (nSPS) is 19.5. The van der Waals surface area contributed by atoms with Gasteiger partial charge in [0.1, 0.15) is 4.90 Å². The van der Waals surface area contributed by atoms with E-state index < -0.39 is 10.0 Å². The predicted molar refractivity (Wildman–Crippen MR) is 86.6 cm³/mol. The van der Waals surface area contributed by atoms with Crippen molar-refractivity contribution in [3.8, 4) is 0 Å². The lowest BCUT2D eigenvalue weighted by molar-refractivity contribution is 0.396. The number of halogens is 2. The van der Waals surface area contributed by atoms with Crippen molar-refractivity contribution in [2.24, 2.45) is 0 Å². The number of aromatic nitrogens is 1. The molecule has 1 aliphatic heterocycles. The minimum Gasteiger partial charge on any atom is -0.264 e. The molecule has 4 nitrogen and oxygen atoms in total. The monoisotopic (exact) mass is 356 g/mol. The molecule has 2 aromatic rings. The number of sulfonamides is 1. The minimum atomic E-state index is -3.67. The summed E-state index contributed by atoms with van der Waals surface area (Å²) in [6.07, 6.45) is 4.97. The van der Waals surface area contributed by atoms with E-state index in [9.17, 15) is 8.42 Å². The lowest BCUT2D eigenvalue weighted by atomic mass is 10.1. The van der Waals surface area contributed by atoms with Gasteiger partial charge >= 0.3 is 0 Å². The van der Waals surface area contributed by atoms with Crippen LogP contribution in [0.2, 0.25) is 10.0 Å². The fourth-order valence-electron chi connectivity index (χ4n) is 2.74. The molecule has 1 fully saturated rings. The quantitative estimate of drug-likeness (QED) is 0.837. The van der Waals surface area contributed by atoms with E-state index in [1.807, 2.05) is 12.1 Å². The van der Waals surface area contributed by atoms with E-state index in [1.54, 1.807) is 12.4 Å². The molecular formula is C15H14Cl2N2O2S. The first-order chi connectivity index (χ1) is 10.5. The van der Waals surface area contributed by atoms with Crippen molar-refractivity contribution < 1.29 is 8.42 Å². The van der Waals surface area contributed by atoms with Gasteiger partial charge in [-0.15, -0.1) is 0 Å². The Morgan fingerprint density at radius 3 is 2.73 bits per heavy atom. The smallest absolute Gasteiger partial charge is 0.245 e. The van der Waals surface area contributed by atoms with Gasteiger partial charge in [0.05, 0.1) is 11.1 Å². The largest absolute Gasteiger partial charge is 0.264 e. The maximum atomic E-state index is 12.9. The zero-order chi connectivity index (χ0) is 15.7. The Hall–Kier alpha value is -1.14. The lowest BCUT2D eigenvalue weighted by Crippen LogP contribution is -2.31. The van der Waals surface area contributed by atoms with Gasteiger partial charge in [-0.2, -0.15) is 4.31 Å². The van der Waals surface area contributed by atoms with Crippen LogP contribution in [-0.4, -0.2) is 24.3 Å². The van der Waals surface area contributed by atoms with Crippen molar-refractivity contribution in [1.29, 1.82) is 0 Å². The second kappa shape index (κ2) is 6.16. The van der Waals surface area contributed by atoms with E-state index in [-0.39, 0.29) is 16.0 Å². The van der Waals surface area contributed by atoms with Gasteiger partial charge in [0.25, 0.3) is 0 Å². The maximum Gasteiger partial charge on any atom is 0.245 e. The molecule has 0 bridgehead atoms. The second-order valence-corrected chi connectivity index (χ2v) is 7.84. The van der Waals surface area contributed by atoms with Gasteiger partial charge in [-0.05, 0) is 42.7 Å². The summed E-state index contributed by atoms with van der Waals surface area (Å²) in [7, 11) is -3.67. The van der Waals surface area contributed by atoms with Crippen molar-refractivity contribution in [3.63, 3.8) is 0 Å². The molecule has 1 aromatic heterocycles. The van der Waals surface area contributed by atoms with Gasteiger partial charge < -0.3 is 0 Å². The number of pyridine rings is 1. The third-order valence-corrected chi connectivity index (χ3v) is 6.38. The van der Waals surface area contributed by atoms with E-state index in [0.717, 1.165) is 18.4 Å². The molecule has 7 heteroatoms. The van der Waals surface area contributed by atoms with Crippen molar-refractivity contribution in [2.45, 2.75) is 23.8 Å². The first-order valence-corrected chi connectivity index (χ1v) is 9.06. The molecule has 1 aromatic carbocycles. The van der Waals surface area contributed by atoms with Crippen LogP contribution in [0.5, 0.6) is 0 Å². The number of nitrogens with zero attached hydrogens (tertiary/aromatic N) is 2. The van der Waals surface area contributed by atoms with Crippen LogP contribution in [-0.2, 0) is 10.0 Å². The summed E-state index contributed by atoms with van der Waals surface area (Å²) >= 11 is 11.9. The molecule has 0 aliphatic carbocycles. The number of hydrogen-bond acceptors (Lipinski definition) is 3. The van der Waals surface area contributed by atoms with Crippen LogP contribution < -0.4 is 0 Å². The molecule has 22 heavy (non-hydrogen) atoms. The Labute approximate surface area is 139 Å². The first-order valence-electron chi connectivity index (χ1n) is 6.87. The predicted octanol–water partition coefficient (Wildman–Crippen LogP) is 3.91. The minimum absolute atomic E-state index is 0.0920. The molecule has 3 rings (SSSR count). The lowest BCUT2D eigenvalue weighted by Gasteiger charge is -2.24. The summed E-state index contributed by atoms with van der Waals surface area (Å²) in [5.41, 5.74) is 0.897. The SMILES string of the molecule is O=S(=O)(c1ccc(Cl)cc1Cl)N1CCC[C@H]1c1cccnc1. The van der Waals surface area contributed by atoms with Gasteiger partial charge in [-0.25, -0.2) is 8.42 Å². The molecule has 0 saturated carbocycles. The Morgan fingerprint density at radius 2 is 2.05 bits per heavy atom. The van der Waals surface area contributed by atoms with E-state index >= 15 is 0 Å². The highest BCUT2D eigenvalue weighted by Gasteiger charge is 2.37. The van der Waals surface area contributed by atoms with E-state index in [4.69, 9.17) is 23.2 Å². The molecule has 2 heterocycles. The summed E-state index contributed by atoms with van der Waals surface area (Å²) < 4.78 is 27.4. The molecule has 116 valence electrons.